The number of hydrogen-bond acceptors (Lipinski definition) is 5. The SMILES string of the molecule is Cc1oc(CN(C)C(=O)c2ccnc(OC3CCCCC3)c2)cc1C(=O)O. The fraction of sp³-hybridized carbons (Fsp3) is 0.450. The zero-order valence-electron chi connectivity index (χ0n) is 15.6. The summed E-state index contributed by atoms with van der Waals surface area (Å²) in [4.78, 5) is 29.5. The molecule has 2 aromatic rings. The lowest BCUT2D eigenvalue weighted by Crippen LogP contribution is -2.26. The number of ether oxygens (including phenoxy) is 1. The number of amides is 1. The lowest BCUT2D eigenvalue weighted by Gasteiger charge is -2.22. The van der Waals surface area contributed by atoms with E-state index in [0.717, 1.165) is 25.7 Å². The van der Waals surface area contributed by atoms with Gasteiger partial charge in [-0.1, -0.05) is 6.42 Å². The van der Waals surface area contributed by atoms with E-state index in [4.69, 9.17) is 14.3 Å². The quantitative estimate of drug-likeness (QED) is 0.832. The number of hydrogen-bond donors (Lipinski definition) is 1. The van der Waals surface area contributed by atoms with Crippen molar-refractivity contribution in [2.75, 3.05) is 7.05 Å². The number of aromatic nitrogens is 1. The van der Waals surface area contributed by atoms with Crippen molar-refractivity contribution in [3.8, 4) is 5.88 Å². The number of carbonyl (C=O) groups excluding carboxylic acids is 1. The Hall–Kier alpha value is -2.83. The molecule has 0 aliphatic heterocycles. The summed E-state index contributed by atoms with van der Waals surface area (Å²) in [5.41, 5.74) is 0.581. The number of aryl methyl sites for hydroxylation is 1. The van der Waals surface area contributed by atoms with Crippen molar-refractivity contribution in [3.05, 3.63) is 47.0 Å². The van der Waals surface area contributed by atoms with Gasteiger partial charge in [-0.2, -0.15) is 0 Å². The summed E-state index contributed by atoms with van der Waals surface area (Å²) >= 11 is 0. The Balaban J connectivity index is 1.66. The van der Waals surface area contributed by atoms with Crippen LogP contribution in [0.2, 0.25) is 0 Å². The number of aromatic carboxylic acids is 1. The van der Waals surface area contributed by atoms with E-state index >= 15 is 0 Å². The normalized spacial score (nSPS) is 14.7. The average Bonchev–Trinajstić information content (AvgIpc) is 3.02. The molecule has 1 fully saturated rings. The molecule has 0 radical (unpaired) electrons. The van der Waals surface area contributed by atoms with Gasteiger partial charge in [0, 0.05) is 24.9 Å². The second kappa shape index (κ2) is 8.24. The number of nitrogens with zero attached hydrogens (tertiary/aromatic N) is 2. The number of pyridine rings is 1. The van der Waals surface area contributed by atoms with Crippen LogP contribution in [0.5, 0.6) is 5.88 Å². The van der Waals surface area contributed by atoms with Crippen LogP contribution in [0, 0.1) is 6.92 Å². The molecule has 0 aromatic carbocycles. The summed E-state index contributed by atoms with van der Waals surface area (Å²) in [5.74, 6) is -0.0472. The van der Waals surface area contributed by atoms with Crippen molar-refractivity contribution in [1.29, 1.82) is 0 Å². The van der Waals surface area contributed by atoms with Gasteiger partial charge in [0.2, 0.25) is 5.88 Å². The fourth-order valence-electron chi connectivity index (χ4n) is 3.32. The van der Waals surface area contributed by atoms with E-state index in [1.807, 2.05) is 0 Å². The van der Waals surface area contributed by atoms with Gasteiger partial charge in [0.1, 0.15) is 23.2 Å². The van der Waals surface area contributed by atoms with Crippen LogP contribution in [0.4, 0.5) is 0 Å². The smallest absolute Gasteiger partial charge is 0.339 e. The highest BCUT2D eigenvalue weighted by atomic mass is 16.5. The Morgan fingerprint density at radius 1 is 1.30 bits per heavy atom. The first-order valence-corrected chi connectivity index (χ1v) is 9.15. The van der Waals surface area contributed by atoms with Crippen molar-refractivity contribution in [3.63, 3.8) is 0 Å². The summed E-state index contributed by atoms with van der Waals surface area (Å²) < 4.78 is 11.4. The Bertz CT molecular complexity index is 824. The second-order valence-corrected chi connectivity index (χ2v) is 6.91. The number of furan rings is 1. The number of rotatable bonds is 6. The van der Waals surface area contributed by atoms with Crippen molar-refractivity contribution >= 4 is 11.9 Å². The van der Waals surface area contributed by atoms with E-state index in [0.29, 0.717) is 23.0 Å². The first-order valence-electron chi connectivity index (χ1n) is 9.15. The van der Waals surface area contributed by atoms with E-state index < -0.39 is 5.97 Å². The van der Waals surface area contributed by atoms with Crippen molar-refractivity contribution in [2.45, 2.75) is 51.7 Å². The zero-order chi connectivity index (χ0) is 19.4. The number of carbonyl (C=O) groups is 2. The highest BCUT2D eigenvalue weighted by molar-refractivity contribution is 5.94. The summed E-state index contributed by atoms with van der Waals surface area (Å²) in [6.07, 6.45) is 7.33. The molecule has 27 heavy (non-hydrogen) atoms. The lowest BCUT2D eigenvalue weighted by molar-refractivity contribution is 0.0694. The minimum Gasteiger partial charge on any atom is -0.478 e. The topological polar surface area (TPSA) is 92.9 Å². The standard InChI is InChI=1S/C20H24N2O5/c1-13-17(20(24)25)11-16(26-13)12-22(2)19(23)14-8-9-21-18(10-14)27-15-6-4-3-5-7-15/h8-11,15H,3-7,12H2,1-2H3,(H,24,25). The van der Waals surface area contributed by atoms with Crippen LogP contribution < -0.4 is 4.74 Å². The van der Waals surface area contributed by atoms with Gasteiger partial charge in [-0.3, -0.25) is 4.79 Å². The van der Waals surface area contributed by atoms with Crippen LogP contribution in [0.1, 0.15) is 64.3 Å². The summed E-state index contributed by atoms with van der Waals surface area (Å²) in [6.45, 7) is 1.76. The zero-order valence-corrected chi connectivity index (χ0v) is 15.6. The minimum absolute atomic E-state index is 0.109. The maximum Gasteiger partial charge on any atom is 0.339 e. The van der Waals surface area contributed by atoms with Crippen LogP contribution in [0.15, 0.2) is 28.8 Å². The largest absolute Gasteiger partial charge is 0.478 e. The van der Waals surface area contributed by atoms with Gasteiger partial charge in [-0.15, -0.1) is 0 Å². The van der Waals surface area contributed by atoms with E-state index in [1.165, 1.54) is 17.4 Å². The lowest BCUT2D eigenvalue weighted by atomic mass is 9.98. The first kappa shape index (κ1) is 18.9. The molecule has 1 N–H and O–H groups in total. The Morgan fingerprint density at radius 2 is 2.04 bits per heavy atom. The van der Waals surface area contributed by atoms with Gasteiger partial charge in [0.05, 0.1) is 6.54 Å². The summed E-state index contributed by atoms with van der Waals surface area (Å²) in [7, 11) is 1.64. The van der Waals surface area contributed by atoms with E-state index in [2.05, 4.69) is 4.98 Å². The second-order valence-electron chi connectivity index (χ2n) is 6.91. The molecule has 1 saturated carbocycles. The van der Waals surface area contributed by atoms with E-state index in [-0.39, 0.29) is 24.1 Å². The molecule has 0 atom stereocenters. The number of carboxylic acids is 1. The molecule has 1 amide bonds. The minimum atomic E-state index is -1.05. The molecule has 0 unspecified atom stereocenters. The van der Waals surface area contributed by atoms with Gasteiger partial charge in [0.15, 0.2) is 0 Å². The van der Waals surface area contributed by atoms with Gasteiger partial charge in [-0.05, 0) is 44.7 Å². The highest BCUT2D eigenvalue weighted by Crippen LogP contribution is 2.23. The Labute approximate surface area is 158 Å². The highest BCUT2D eigenvalue weighted by Gasteiger charge is 2.20. The average molecular weight is 372 g/mol. The monoisotopic (exact) mass is 372 g/mol. The molecular weight excluding hydrogens is 348 g/mol. The fourth-order valence-corrected chi connectivity index (χ4v) is 3.32. The van der Waals surface area contributed by atoms with Crippen LogP contribution in [0.25, 0.3) is 0 Å². The van der Waals surface area contributed by atoms with Crippen molar-refractivity contribution < 1.29 is 23.8 Å². The van der Waals surface area contributed by atoms with E-state index in [1.54, 1.807) is 32.3 Å². The summed E-state index contributed by atoms with van der Waals surface area (Å²) in [5, 5.41) is 9.10. The van der Waals surface area contributed by atoms with Gasteiger partial charge < -0.3 is 19.2 Å². The molecule has 1 aliphatic rings. The molecule has 7 heteroatoms. The van der Waals surface area contributed by atoms with Gasteiger partial charge >= 0.3 is 5.97 Å². The molecule has 0 saturated heterocycles. The molecular formula is C20H24N2O5. The van der Waals surface area contributed by atoms with Gasteiger partial charge in [0.25, 0.3) is 5.91 Å². The third-order valence-corrected chi connectivity index (χ3v) is 4.76. The predicted molar refractivity (Wildman–Crippen MR) is 97.9 cm³/mol. The van der Waals surface area contributed by atoms with Crippen LogP contribution in [-0.4, -0.2) is 40.0 Å². The van der Waals surface area contributed by atoms with Crippen molar-refractivity contribution in [2.24, 2.45) is 0 Å². The molecule has 144 valence electrons. The summed E-state index contributed by atoms with van der Waals surface area (Å²) in [6, 6.07) is 4.75. The van der Waals surface area contributed by atoms with E-state index in [9.17, 15) is 9.59 Å². The molecule has 2 aromatic heterocycles. The Morgan fingerprint density at radius 3 is 2.70 bits per heavy atom. The third kappa shape index (κ3) is 4.67. The van der Waals surface area contributed by atoms with Crippen molar-refractivity contribution in [1.82, 2.24) is 9.88 Å². The molecule has 3 rings (SSSR count). The first-order chi connectivity index (χ1) is 12.9. The maximum atomic E-state index is 12.7. The van der Waals surface area contributed by atoms with Crippen LogP contribution >= 0.6 is 0 Å². The maximum absolute atomic E-state index is 12.7. The Kier molecular flexibility index (Phi) is 5.78. The number of carboxylic acid groups (broad SMARTS) is 1. The molecule has 0 bridgehead atoms. The van der Waals surface area contributed by atoms with Gasteiger partial charge in [-0.25, -0.2) is 9.78 Å². The molecule has 7 nitrogen and oxygen atoms in total. The molecule has 2 heterocycles. The molecule has 0 spiro atoms. The predicted octanol–water partition coefficient (Wildman–Crippen LogP) is 3.66. The van der Waals surface area contributed by atoms with Crippen LogP contribution in [0.3, 0.4) is 0 Å². The van der Waals surface area contributed by atoms with Crippen LogP contribution in [-0.2, 0) is 6.54 Å². The molecule has 1 aliphatic carbocycles. The third-order valence-electron chi connectivity index (χ3n) is 4.76.